The van der Waals surface area contributed by atoms with Gasteiger partial charge in [0.15, 0.2) is 5.75 Å². The molecule has 3 N–H and O–H groups in total. The highest BCUT2D eigenvalue weighted by Gasteiger charge is 2.28. The van der Waals surface area contributed by atoms with E-state index in [1.807, 2.05) is 0 Å². The van der Waals surface area contributed by atoms with E-state index in [9.17, 15) is 14.9 Å². The number of nitrogens with two attached hydrogens (primary N) is 1. The molecular formula is C12H16N2O5. The van der Waals surface area contributed by atoms with E-state index in [1.54, 1.807) is 19.1 Å². The van der Waals surface area contributed by atoms with E-state index < -0.39 is 16.4 Å². The number of rotatable bonds is 6. The van der Waals surface area contributed by atoms with Crippen LogP contribution in [0, 0.1) is 17.0 Å². The molecule has 0 aliphatic heterocycles. The quantitative estimate of drug-likeness (QED) is 0.596. The number of aryl methyl sites for hydroxylation is 1. The zero-order chi connectivity index (χ0) is 14.6. The molecule has 1 aromatic rings. The lowest BCUT2D eigenvalue weighted by Gasteiger charge is -2.19. The number of hydrogen-bond donors (Lipinski definition) is 2. The molecular weight excluding hydrogens is 252 g/mol. The highest BCUT2D eigenvalue weighted by atomic mass is 16.6. The Kier molecular flexibility index (Phi) is 4.44. The average Bonchev–Trinajstić information content (AvgIpc) is 2.30. The first kappa shape index (κ1) is 14.9. The number of hydrogen-bond acceptors (Lipinski definition) is 5. The maximum Gasteiger partial charge on any atom is 0.323 e. The molecule has 0 fully saturated rings. The molecule has 0 amide bonds. The second-order valence-corrected chi connectivity index (χ2v) is 4.50. The minimum absolute atomic E-state index is 0.00894. The van der Waals surface area contributed by atoms with Crippen LogP contribution in [0.2, 0.25) is 0 Å². The number of carboxylic acids is 1. The Hall–Kier alpha value is -2.15. The number of carbonyl (C=O) groups is 1. The number of nitro groups is 1. The summed E-state index contributed by atoms with van der Waals surface area (Å²) in [6.07, 6.45) is 0.0494. The third-order valence-electron chi connectivity index (χ3n) is 2.74. The van der Waals surface area contributed by atoms with Gasteiger partial charge in [-0.25, -0.2) is 0 Å². The summed E-state index contributed by atoms with van der Waals surface area (Å²) in [5.41, 5.74) is 4.60. The molecule has 7 nitrogen and oxygen atoms in total. The smallest absolute Gasteiger partial charge is 0.323 e. The average molecular weight is 268 g/mol. The van der Waals surface area contributed by atoms with Gasteiger partial charge in [0.05, 0.1) is 11.5 Å². The Morgan fingerprint density at radius 3 is 2.74 bits per heavy atom. The van der Waals surface area contributed by atoms with Crippen molar-refractivity contribution in [2.24, 2.45) is 5.73 Å². The molecule has 1 rings (SSSR count). The molecule has 7 heteroatoms. The van der Waals surface area contributed by atoms with Gasteiger partial charge in [-0.3, -0.25) is 14.9 Å². The maximum atomic E-state index is 10.8. The summed E-state index contributed by atoms with van der Waals surface area (Å²) < 4.78 is 5.33. The van der Waals surface area contributed by atoms with Crippen molar-refractivity contribution >= 4 is 11.7 Å². The van der Waals surface area contributed by atoms with E-state index in [0.717, 1.165) is 0 Å². The van der Waals surface area contributed by atoms with Gasteiger partial charge in [0.25, 0.3) is 0 Å². The van der Waals surface area contributed by atoms with Crippen LogP contribution in [0.4, 0.5) is 5.69 Å². The van der Waals surface area contributed by atoms with Crippen molar-refractivity contribution in [3.8, 4) is 5.75 Å². The summed E-state index contributed by atoms with van der Waals surface area (Å²) in [5, 5.41) is 19.7. The van der Waals surface area contributed by atoms with Gasteiger partial charge in [-0.1, -0.05) is 12.1 Å². The van der Waals surface area contributed by atoms with E-state index in [4.69, 9.17) is 15.6 Å². The Bertz CT molecular complexity index is 499. The van der Waals surface area contributed by atoms with E-state index >= 15 is 0 Å². The van der Waals surface area contributed by atoms with Gasteiger partial charge in [-0.2, -0.15) is 0 Å². The first-order valence-electron chi connectivity index (χ1n) is 5.65. The second-order valence-electron chi connectivity index (χ2n) is 4.50. The standard InChI is InChI=1S/C12H16N2O5/c1-8-4-3-5-9(14(17)18)10(8)19-7-6-12(2,13)11(15)16/h3-5H,6-7,13H2,1-2H3,(H,15,16). The number of benzene rings is 1. The van der Waals surface area contributed by atoms with Gasteiger partial charge in [-0.05, 0) is 19.4 Å². The molecule has 0 spiro atoms. The number of ether oxygens (including phenoxy) is 1. The summed E-state index contributed by atoms with van der Waals surface area (Å²) in [4.78, 5) is 21.1. The molecule has 0 bridgehead atoms. The molecule has 19 heavy (non-hydrogen) atoms. The molecule has 0 saturated heterocycles. The predicted molar refractivity (Wildman–Crippen MR) is 68.2 cm³/mol. The zero-order valence-electron chi connectivity index (χ0n) is 10.8. The minimum Gasteiger partial charge on any atom is -0.487 e. The summed E-state index contributed by atoms with van der Waals surface area (Å²) in [6, 6.07) is 4.58. The first-order valence-corrected chi connectivity index (χ1v) is 5.65. The van der Waals surface area contributed by atoms with E-state index in [0.29, 0.717) is 5.56 Å². The second kappa shape index (κ2) is 5.66. The maximum absolute atomic E-state index is 10.8. The normalized spacial score (nSPS) is 13.6. The summed E-state index contributed by atoms with van der Waals surface area (Å²) >= 11 is 0. The Labute approximate surface area is 110 Å². The lowest BCUT2D eigenvalue weighted by Crippen LogP contribution is -2.45. The lowest BCUT2D eigenvalue weighted by molar-refractivity contribution is -0.385. The highest BCUT2D eigenvalue weighted by molar-refractivity contribution is 5.77. The van der Waals surface area contributed by atoms with Gasteiger partial charge in [0.2, 0.25) is 0 Å². The molecule has 104 valence electrons. The topological polar surface area (TPSA) is 116 Å². The first-order chi connectivity index (χ1) is 8.75. The summed E-state index contributed by atoms with van der Waals surface area (Å²) in [6.45, 7) is 3.04. The molecule has 0 heterocycles. The Morgan fingerprint density at radius 1 is 1.58 bits per heavy atom. The zero-order valence-corrected chi connectivity index (χ0v) is 10.8. The number of carboxylic acid groups (broad SMARTS) is 1. The van der Waals surface area contributed by atoms with E-state index in [-0.39, 0.29) is 24.5 Å². The number of para-hydroxylation sites is 1. The largest absolute Gasteiger partial charge is 0.487 e. The Morgan fingerprint density at radius 2 is 2.21 bits per heavy atom. The van der Waals surface area contributed by atoms with Crippen LogP contribution < -0.4 is 10.5 Å². The van der Waals surface area contributed by atoms with Crippen LogP contribution in [-0.2, 0) is 4.79 Å². The van der Waals surface area contributed by atoms with Crippen molar-refractivity contribution in [1.82, 2.24) is 0 Å². The van der Waals surface area contributed by atoms with Gasteiger partial charge in [0.1, 0.15) is 5.54 Å². The van der Waals surface area contributed by atoms with Crippen LogP contribution in [-0.4, -0.2) is 28.1 Å². The number of nitro benzene ring substituents is 1. The molecule has 0 aliphatic carbocycles. The molecule has 0 radical (unpaired) electrons. The monoisotopic (exact) mass is 268 g/mol. The molecule has 0 aromatic heterocycles. The Balaban J connectivity index is 2.79. The fourth-order valence-corrected chi connectivity index (χ4v) is 1.44. The third kappa shape index (κ3) is 3.65. The van der Waals surface area contributed by atoms with Crippen molar-refractivity contribution in [3.63, 3.8) is 0 Å². The summed E-state index contributed by atoms with van der Waals surface area (Å²) in [5.74, 6) is -0.996. The number of aliphatic carboxylic acids is 1. The SMILES string of the molecule is Cc1cccc([N+](=O)[O-])c1OCCC(C)(N)C(=O)O. The predicted octanol–water partition coefficient (Wildman–Crippen LogP) is 1.47. The van der Waals surface area contributed by atoms with Crippen molar-refractivity contribution in [2.45, 2.75) is 25.8 Å². The minimum atomic E-state index is -1.42. The van der Waals surface area contributed by atoms with Gasteiger partial charge < -0.3 is 15.6 Å². The molecule has 1 unspecified atom stereocenters. The van der Waals surface area contributed by atoms with Crippen LogP contribution in [0.1, 0.15) is 18.9 Å². The van der Waals surface area contributed by atoms with E-state index in [2.05, 4.69) is 0 Å². The summed E-state index contributed by atoms with van der Waals surface area (Å²) in [7, 11) is 0. The van der Waals surface area contributed by atoms with Crippen molar-refractivity contribution in [3.05, 3.63) is 33.9 Å². The number of nitrogens with zero attached hydrogens (tertiary/aromatic N) is 1. The van der Waals surface area contributed by atoms with Crippen molar-refractivity contribution < 1.29 is 19.6 Å². The third-order valence-corrected chi connectivity index (χ3v) is 2.74. The van der Waals surface area contributed by atoms with Crippen LogP contribution in [0.25, 0.3) is 0 Å². The van der Waals surface area contributed by atoms with Crippen LogP contribution >= 0.6 is 0 Å². The fourth-order valence-electron chi connectivity index (χ4n) is 1.44. The van der Waals surface area contributed by atoms with Crippen LogP contribution in [0.5, 0.6) is 5.75 Å². The van der Waals surface area contributed by atoms with Gasteiger partial charge in [-0.15, -0.1) is 0 Å². The lowest BCUT2D eigenvalue weighted by atomic mass is 10.0. The van der Waals surface area contributed by atoms with Crippen LogP contribution in [0.3, 0.4) is 0 Å². The van der Waals surface area contributed by atoms with Gasteiger partial charge in [0, 0.05) is 12.5 Å². The van der Waals surface area contributed by atoms with Crippen molar-refractivity contribution in [1.29, 1.82) is 0 Å². The fraction of sp³-hybridized carbons (Fsp3) is 0.417. The molecule has 1 atom stereocenters. The molecule has 1 aromatic carbocycles. The van der Waals surface area contributed by atoms with E-state index in [1.165, 1.54) is 13.0 Å². The van der Waals surface area contributed by atoms with Gasteiger partial charge >= 0.3 is 11.7 Å². The van der Waals surface area contributed by atoms with Crippen LogP contribution in [0.15, 0.2) is 18.2 Å². The molecule has 0 saturated carbocycles. The molecule has 0 aliphatic rings. The highest BCUT2D eigenvalue weighted by Crippen LogP contribution is 2.30. The van der Waals surface area contributed by atoms with Crippen molar-refractivity contribution in [2.75, 3.05) is 6.61 Å².